The maximum atomic E-state index is 13.6. The number of nitrogens with one attached hydrogen (secondary N) is 4. The van der Waals surface area contributed by atoms with Crippen LogP contribution in [0.15, 0.2) is 48.8 Å². The number of ether oxygens (including phenoxy) is 3. The van der Waals surface area contributed by atoms with Crippen LogP contribution in [-0.2, 0) is 63.9 Å². The number of amides is 4. The van der Waals surface area contributed by atoms with Gasteiger partial charge in [0.2, 0.25) is 0 Å². The molecule has 3 aliphatic carbocycles. The summed E-state index contributed by atoms with van der Waals surface area (Å²) in [6.45, 7) is 21.0. The summed E-state index contributed by atoms with van der Waals surface area (Å²) in [5.74, 6) is -0.529. The van der Waals surface area contributed by atoms with Crippen molar-refractivity contribution in [3.05, 3.63) is 82.4 Å². The highest BCUT2D eigenvalue weighted by Crippen LogP contribution is 2.66. The lowest BCUT2D eigenvalue weighted by atomic mass is 9.43. The zero-order valence-corrected chi connectivity index (χ0v) is 58.9. The second kappa shape index (κ2) is 37.7. The van der Waals surface area contributed by atoms with Crippen LogP contribution in [0.3, 0.4) is 0 Å². The number of carbonyl (C=O) groups is 9. The number of esters is 1. The van der Waals surface area contributed by atoms with Crippen molar-refractivity contribution < 1.29 is 86.6 Å². The van der Waals surface area contributed by atoms with Crippen LogP contribution in [0.5, 0.6) is 11.5 Å². The molecule has 3 saturated carbocycles. The minimum absolute atomic E-state index is 0.00747. The highest BCUT2D eigenvalue weighted by molar-refractivity contribution is 7.54. The molecule has 4 heterocycles. The Morgan fingerprint density at radius 1 is 0.806 bits per heavy atom. The van der Waals surface area contributed by atoms with Crippen molar-refractivity contribution in [2.45, 2.75) is 162 Å². The summed E-state index contributed by atoms with van der Waals surface area (Å²) in [7, 11) is -0.403. The van der Waals surface area contributed by atoms with Crippen molar-refractivity contribution >= 4 is 107 Å². The van der Waals surface area contributed by atoms with Crippen LogP contribution in [0.25, 0.3) is 0 Å². The quantitative estimate of drug-likeness (QED) is 0.0198. The number of para-hydroxylation sites is 2. The Morgan fingerprint density at radius 3 is 1.90 bits per heavy atom. The first-order chi connectivity index (χ1) is 45.9. The average molecular weight is 1420 g/mol. The van der Waals surface area contributed by atoms with Gasteiger partial charge in [0.15, 0.2) is 23.0 Å². The van der Waals surface area contributed by atoms with E-state index in [1.54, 1.807) is 45.0 Å². The number of carboxylic acid groups (broad SMARTS) is 2. The number of fused-ring (bicyclic) bond motifs is 1. The van der Waals surface area contributed by atoms with E-state index in [2.05, 4.69) is 69.1 Å². The number of aliphatic carboxylic acids is 1. The van der Waals surface area contributed by atoms with Gasteiger partial charge in [0, 0.05) is 63.1 Å². The molecule has 5 aliphatic rings. The Hall–Kier alpha value is -8.23. The minimum Gasteiger partial charge on any atom is -0.535 e. The number of nitrogens with zero attached hydrogens (tertiary/aromatic N) is 6. The minimum atomic E-state index is -1.31. The molecule has 0 spiro atoms. The topological polar surface area (TPSA) is 405 Å². The number of aromatic nitrogens is 6. The average Bonchev–Trinajstić information content (AvgIpc) is 1.40. The largest absolute Gasteiger partial charge is 0.535 e. The van der Waals surface area contributed by atoms with E-state index in [1.165, 1.54) is 40.9 Å². The number of terminal acetylenes is 2. The van der Waals surface area contributed by atoms with Crippen LogP contribution in [-0.4, -0.2) is 180 Å². The summed E-state index contributed by atoms with van der Waals surface area (Å²) in [5, 5.41) is 52.6. The lowest BCUT2D eigenvalue weighted by Crippen LogP contribution is -2.65. The predicted molar refractivity (Wildman–Crippen MR) is 364 cm³/mol. The molecule has 4 aromatic rings. The zero-order valence-electron chi connectivity index (χ0n) is 56.7. The molecule has 530 valence electrons. The number of halogens is 3. The van der Waals surface area contributed by atoms with Gasteiger partial charge in [-0.1, -0.05) is 55.5 Å². The van der Waals surface area contributed by atoms with Crippen molar-refractivity contribution in [3.63, 3.8) is 0 Å². The smallest absolute Gasteiger partial charge is 0.526 e. The number of alkyl carbamates (subject to hydrolysis) is 1. The highest BCUT2D eigenvalue weighted by Gasteiger charge is 2.68. The van der Waals surface area contributed by atoms with Gasteiger partial charge in [0.05, 0.1) is 36.8 Å². The molecule has 1 saturated heterocycles. The molecule has 0 radical (unpaired) electrons. The third kappa shape index (κ3) is 25.3. The van der Waals surface area contributed by atoms with Gasteiger partial charge < -0.3 is 70.4 Å². The van der Waals surface area contributed by atoms with Gasteiger partial charge >= 0.3 is 43.2 Å². The second-order valence-corrected chi connectivity index (χ2v) is 27.8. The van der Waals surface area contributed by atoms with Crippen molar-refractivity contribution in [1.82, 2.24) is 51.3 Å². The number of ketones is 2. The van der Waals surface area contributed by atoms with Gasteiger partial charge in [-0.25, -0.2) is 28.5 Å². The third-order valence-corrected chi connectivity index (χ3v) is 15.7. The highest BCUT2D eigenvalue weighted by atomic mass is 35.6. The molecule has 98 heavy (non-hydrogen) atoms. The summed E-state index contributed by atoms with van der Waals surface area (Å²) < 4.78 is 37.9. The first kappa shape index (κ1) is 82.2. The van der Waals surface area contributed by atoms with E-state index in [0.29, 0.717) is 61.2 Å². The van der Waals surface area contributed by atoms with Crippen LogP contribution in [0, 0.1) is 41.9 Å². The Morgan fingerprint density at radius 2 is 1.37 bits per heavy atom. The van der Waals surface area contributed by atoms with Crippen LogP contribution in [0.2, 0.25) is 11.6 Å². The molecule has 29 nitrogen and oxygen atoms in total. The summed E-state index contributed by atoms with van der Waals surface area (Å²) in [5.41, 5.74) is 5.76. The van der Waals surface area contributed by atoms with Crippen LogP contribution in [0.1, 0.15) is 154 Å². The monoisotopic (exact) mass is 1420 g/mol. The lowest BCUT2D eigenvalue weighted by Gasteiger charge is -2.64. The van der Waals surface area contributed by atoms with E-state index < -0.39 is 77.6 Å². The molecule has 9 rings (SSSR count). The molecule has 2 aromatic carbocycles. The molecule has 0 unspecified atom stereocenters. The van der Waals surface area contributed by atoms with Gasteiger partial charge in [-0.3, -0.25) is 24.0 Å². The zero-order chi connectivity index (χ0) is 73.5. The van der Waals surface area contributed by atoms with Gasteiger partial charge in [-0.2, -0.15) is 34.4 Å². The van der Waals surface area contributed by atoms with Crippen molar-refractivity contribution in [2.24, 2.45) is 23.0 Å². The number of methoxy groups -OCH3 is 1. The summed E-state index contributed by atoms with van der Waals surface area (Å²) in [6.07, 6.45) is 15.1. The van der Waals surface area contributed by atoms with E-state index >= 15 is 0 Å². The number of Topliss-reactive ketones (excluding diaryl/α,β-unsaturated/α-hetero) is 2. The van der Waals surface area contributed by atoms with Crippen molar-refractivity contribution in [3.8, 4) is 36.2 Å². The standard InChI is InChI=1S/C33H47BN4O7.C17H20BN5O6.C10H16N2O3.C3H2O2.BCl3/c1-9-13-35-29(40)25-19-38(37-36-25)18-23(39)17-22(34-44-27-16-21-15-26(32(21,5)6)33(27,7)45-34)14-20-11-10-12-24(28(20)42-8)30(41)43-31(2,3)4;19-4-5-20-16(25)14-9-23(22-21-14)8-12(24)7-11-6-10-2-1-3-13(17(26)27)15(10)29-18(11)28;1-5-8(13)11-6-7-12-9(14)15-10(2,3)4;1-2-3(4)5;2-1(3)4/h10-12,19,21-22,26-27H,9,13-18H2,1-8H3,(H,35,40);1-3,9,11,28H,4-8,19H2,(H,20,25)(H,26,27);1H,6-7H2,2-4H3,(H,11,13)(H,12,14);1H,(H,4,5);/t21-,22+,26-,27+,33-;11-;;;/m01.../s1. The van der Waals surface area contributed by atoms with E-state index in [-0.39, 0.29) is 96.5 Å². The number of carbonyl (C=O) groups excluding carboxylic acids is 7. The summed E-state index contributed by atoms with van der Waals surface area (Å²) in [6, 6.07) is 10.1. The maximum absolute atomic E-state index is 13.6. The fraction of sp³-hybridized carbons (Fsp3) is 0.540. The molecular formula is C63H85B3Cl3N11O18. The van der Waals surface area contributed by atoms with Gasteiger partial charge in [-0.15, -0.1) is 23.0 Å². The fourth-order valence-electron chi connectivity index (χ4n) is 11.3. The van der Waals surface area contributed by atoms with Gasteiger partial charge in [0.25, 0.3) is 17.7 Å². The molecule has 4 amide bonds. The maximum Gasteiger partial charge on any atom is 0.526 e. The number of hydrogen-bond donors (Lipinski definition) is 8. The normalized spacial score (nSPS) is 18.4. The Labute approximate surface area is 585 Å². The Bertz CT molecular complexity index is 3530. The van der Waals surface area contributed by atoms with Gasteiger partial charge in [-0.05, 0) is 127 Å². The van der Waals surface area contributed by atoms with Crippen molar-refractivity contribution in [2.75, 3.05) is 39.8 Å². The van der Waals surface area contributed by atoms with E-state index in [1.807, 2.05) is 39.7 Å². The first-order valence-electron chi connectivity index (χ1n) is 31.3. The van der Waals surface area contributed by atoms with Crippen LogP contribution >= 0.6 is 34.4 Å². The predicted octanol–water partition coefficient (Wildman–Crippen LogP) is 5.44. The summed E-state index contributed by atoms with van der Waals surface area (Å²) >= 11 is 14.4. The Kier molecular flexibility index (Phi) is 31.6. The third-order valence-electron chi connectivity index (χ3n) is 15.7. The van der Waals surface area contributed by atoms with Crippen molar-refractivity contribution in [1.29, 1.82) is 0 Å². The van der Waals surface area contributed by atoms with E-state index in [9.17, 15) is 48.5 Å². The first-order valence-corrected chi connectivity index (χ1v) is 32.6. The van der Waals surface area contributed by atoms with E-state index in [0.717, 1.165) is 24.8 Å². The molecule has 6 atom stereocenters. The molecule has 9 N–H and O–H groups in total. The lowest BCUT2D eigenvalue weighted by molar-refractivity contribution is -0.199. The number of nitrogens with two attached hydrogens (primary N) is 1. The fourth-order valence-corrected chi connectivity index (χ4v) is 11.3. The summed E-state index contributed by atoms with van der Waals surface area (Å²) in [4.78, 5) is 105. The molecule has 2 aliphatic heterocycles. The SMILES string of the molecule is C#CC(=O)NCCNC(=O)OC(C)(C)C.C#CC(=O)O.CCCNC(=O)c1cn(CC(=O)C[C@@H](Cc2cccc(C(=O)OC(C)(C)C)c2OC)B2O[C@@H]3C[C@@H]4C[C@@H](C4(C)C)[C@]3(C)O2)nn1.ClB(Cl)Cl.NCCNC(=O)c1cn(CC(=O)C[C@H]2Cc3cccc(C(=O)O)c3OB2O)nn1. The number of carboxylic acids is 2. The molecule has 2 aromatic heterocycles. The second-order valence-electron chi connectivity index (χ2n) is 25.8. The van der Waals surface area contributed by atoms with Crippen LogP contribution in [0.4, 0.5) is 4.79 Å². The van der Waals surface area contributed by atoms with E-state index in [4.69, 9.17) is 84.6 Å². The number of benzene rings is 2. The Balaban J connectivity index is 0.000000327. The number of rotatable bonds is 23. The number of aromatic carboxylic acids is 1. The molecule has 2 bridgehead atoms. The molecule has 4 fully saturated rings. The number of hydrogen-bond acceptors (Lipinski definition) is 21. The molecule has 35 heteroatoms. The van der Waals surface area contributed by atoms with Gasteiger partial charge in [0.1, 0.15) is 41.4 Å². The molecular weight excluding hydrogens is 1340 g/mol. The van der Waals surface area contributed by atoms with Crippen LogP contribution < -0.4 is 36.4 Å².